The standard InChI is InChI=1S/C12H17ClN6O/c1-8(2)6-15-11(20)3-4-14-10-5-9(13)18-12-16-7-17-19(10)12/h5,7-8,14H,3-4,6H2,1-2H3,(H,15,20). The maximum Gasteiger partial charge on any atom is 0.255 e. The van der Waals surface area contributed by atoms with Gasteiger partial charge in [-0.2, -0.15) is 19.6 Å². The van der Waals surface area contributed by atoms with Gasteiger partial charge in [-0.1, -0.05) is 25.4 Å². The van der Waals surface area contributed by atoms with Crippen LogP contribution < -0.4 is 10.6 Å². The van der Waals surface area contributed by atoms with Crippen molar-refractivity contribution in [3.8, 4) is 0 Å². The number of nitrogens with one attached hydrogen (secondary N) is 2. The quantitative estimate of drug-likeness (QED) is 0.786. The van der Waals surface area contributed by atoms with E-state index >= 15 is 0 Å². The van der Waals surface area contributed by atoms with Gasteiger partial charge in [-0.15, -0.1) is 0 Å². The van der Waals surface area contributed by atoms with Crippen molar-refractivity contribution in [1.82, 2.24) is 24.9 Å². The first-order chi connectivity index (χ1) is 9.56. The molecule has 0 atom stereocenters. The average molecular weight is 297 g/mol. The van der Waals surface area contributed by atoms with Crippen LogP contribution in [0, 0.1) is 5.92 Å². The van der Waals surface area contributed by atoms with Crippen LogP contribution in [0.4, 0.5) is 5.82 Å². The highest BCUT2D eigenvalue weighted by molar-refractivity contribution is 6.29. The lowest BCUT2D eigenvalue weighted by molar-refractivity contribution is -0.120. The lowest BCUT2D eigenvalue weighted by atomic mass is 10.2. The molecular formula is C12H17ClN6O. The topological polar surface area (TPSA) is 84.2 Å². The molecule has 0 saturated heterocycles. The van der Waals surface area contributed by atoms with Gasteiger partial charge in [0.2, 0.25) is 5.91 Å². The first-order valence-electron chi connectivity index (χ1n) is 6.43. The van der Waals surface area contributed by atoms with Gasteiger partial charge in [0.05, 0.1) is 0 Å². The molecule has 2 aromatic rings. The van der Waals surface area contributed by atoms with Crippen molar-refractivity contribution in [1.29, 1.82) is 0 Å². The van der Waals surface area contributed by atoms with Gasteiger partial charge in [-0.3, -0.25) is 4.79 Å². The molecule has 8 heteroatoms. The Morgan fingerprint density at radius 1 is 1.50 bits per heavy atom. The summed E-state index contributed by atoms with van der Waals surface area (Å²) in [5.74, 6) is 1.54. The van der Waals surface area contributed by atoms with E-state index in [2.05, 4.69) is 39.5 Å². The third kappa shape index (κ3) is 3.80. The van der Waals surface area contributed by atoms with Gasteiger partial charge in [0.25, 0.3) is 5.78 Å². The van der Waals surface area contributed by atoms with E-state index in [9.17, 15) is 4.79 Å². The highest BCUT2D eigenvalue weighted by atomic mass is 35.5. The van der Waals surface area contributed by atoms with E-state index in [4.69, 9.17) is 11.6 Å². The third-order valence-electron chi connectivity index (χ3n) is 2.59. The fourth-order valence-electron chi connectivity index (χ4n) is 1.62. The van der Waals surface area contributed by atoms with Gasteiger partial charge >= 0.3 is 0 Å². The molecule has 7 nitrogen and oxygen atoms in total. The SMILES string of the molecule is CC(C)CNC(=O)CCNc1cc(Cl)nc2ncnn12. The zero-order chi connectivity index (χ0) is 14.5. The highest BCUT2D eigenvalue weighted by Crippen LogP contribution is 2.14. The van der Waals surface area contributed by atoms with Crippen LogP contribution in [-0.2, 0) is 4.79 Å². The average Bonchev–Trinajstić information content (AvgIpc) is 2.84. The molecule has 0 saturated carbocycles. The van der Waals surface area contributed by atoms with Crippen molar-refractivity contribution < 1.29 is 4.79 Å². The summed E-state index contributed by atoms with van der Waals surface area (Å²) in [7, 11) is 0. The zero-order valence-corrected chi connectivity index (χ0v) is 12.2. The number of fused-ring (bicyclic) bond motifs is 1. The molecule has 0 spiro atoms. The smallest absolute Gasteiger partial charge is 0.255 e. The summed E-state index contributed by atoms with van der Waals surface area (Å²) < 4.78 is 1.54. The molecule has 108 valence electrons. The second-order valence-electron chi connectivity index (χ2n) is 4.81. The Hall–Kier alpha value is -1.89. The highest BCUT2D eigenvalue weighted by Gasteiger charge is 2.07. The van der Waals surface area contributed by atoms with E-state index in [1.807, 2.05) is 0 Å². The number of anilines is 1. The second-order valence-corrected chi connectivity index (χ2v) is 5.20. The molecule has 20 heavy (non-hydrogen) atoms. The summed E-state index contributed by atoms with van der Waals surface area (Å²) in [6, 6.07) is 1.65. The van der Waals surface area contributed by atoms with Crippen LogP contribution in [0.3, 0.4) is 0 Å². The normalized spacial score (nSPS) is 11.0. The Labute approximate surface area is 121 Å². The predicted octanol–water partition coefficient (Wildman–Crippen LogP) is 1.35. The van der Waals surface area contributed by atoms with Crippen LogP contribution in [0.1, 0.15) is 20.3 Å². The molecule has 2 aromatic heterocycles. The van der Waals surface area contributed by atoms with Crippen LogP contribution in [-0.4, -0.2) is 38.6 Å². The minimum absolute atomic E-state index is 0.0150. The molecule has 0 aliphatic rings. The fourth-order valence-corrected chi connectivity index (χ4v) is 1.80. The number of amides is 1. The summed E-state index contributed by atoms with van der Waals surface area (Å²) in [5.41, 5.74) is 0. The second kappa shape index (κ2) is 6.51. The lowest BCUT2D eigenvalue weighted by Gasteiger charge is -2.09. The van der Waals surface area contributed by atoms with Crippen LogP contribution in [0.15, 0.2) is 12.4 Å². The van der Waals surface area contributed by atoms with Gasteiger partial charge < -0.3 is 10.6 Å². The van der Waals surface area contributed by atoms with Gasteiger partial charge in [-0.05, 0) is 5.92 Å². The van der Waals surface area contributed by atoms with Crippen molar-refractivity contribution in [3.05, 3.63) is 17.5 Å². The van der Waals surface area contributed by atoms with E-state index in [1.54, 1.807) is 6.07 Å². The number of rotatable bonds is 6. The molecule has 0 radical (unpaired) electrons. The number of nitrogens with zero attached hydrogens (tertiary/aromatic N) is 4. The molecule has 1 amide bonds. The van der Waals surface area contributed by atoms with Crippen molar-refractivity contribution in [2.75, 3.05) is 18.4 Å². The molecule has 0 aliphatic heterocycles. The maximum absolute atomic E-state index is 11.6. The Morgan fingerprint density at radius 3 is 3.05 bits per heavy atom. The van der Waals surface area contributed by atoms with Crippen LogP contribution in [0.2, 0.25) is 5.15 Å². The van der Waals surface area contributed by atoms with Gasteiger partial charge in [0.1, 0.15) is 17.3 Å². The lowest BCUT2D eigenvalue weighted by Crippen LogP contribution is -2.28. The molecule has 0 bridgehead atoms. The Balaban J connectivity index is 1.90. The molecular weight excluding hydrogens is 280 g/mol. The van der Waals surface area contributed by atoms with E-state index in [1.165, 1.54) is 10.8 Å². The van der Waals surface area contributed by atoms with E-state index in [0.29, 0.717) is 42.2 Å². The number of aromatic nitrogens is 4. The monoisotopic (exact) mass is 296 g/mol. The summed E-state index contributed by atoms with van der Waals surface area (Å²) in [4.78, 5) is 19.6. The molecule has 2 heterocycles. The van der Waals surface area contributed by atoms with Gasteiger partial charge in [0.15, 0.2) is 0 Å². The van der Waals surface area contributed by atoms with Crippen molar-refractivity contribution in [2.45, 2.75) is 20.3 Å². The summed E-state index contributed by atoms with van der Waals surface area (Å²) >= 11 is 5.90. The molecule has 0 aliphatic carbocycles. The van der Waals surface area contributed by atoms with Crippen molar-refractivity contribution >= 4 is 29.1 Å². The minimum atomic E-state index is 0.0150. The van der Waals surface area contributed by atoms with E-state index in [-0.39, 0.29) is 5.91 Å². The largest absolute Gasteiger partial charge is 0.369 e. The molecule has 2 N–H and O–H groups in total. The maximum atomic E-state index is 11.6. The van der Waals surface area contributed by atoms with Crippen LogP contribution >= 0.6 is 11.6 Å². The predicted molar refractivity (Wildman–Crippen MR) is 76.7 cm³/mol. The summed E-state index contributed by atoms with van der Waals surface area (Å²) in [5, 5.41) is 10.3. The first-order valence-corrected chi connectivity index (χ1v) is 6.81. The minimum Gasteiger partial charge on any atom is -0.369 e. The molecule has 0 fully saturated rings. The molecule has 0 aromatic carbocycles. The number of halogens is 1. The number of hydrogen-bond acceptors (Lipinski definition) is 5. The fraction of sp³-hybridized carbons (Fsp3) is 0.500. The summed E-state index contributed by atoms with van der Waals surface area (Å²) in [6.45, 7) is 5.28. The Morgan fingerprint density at radius 2 is 2.30 bits per heavy atom. The van der Waals surface area contributed by atoms with Crippen molar-refractivity contribution in [3.63, 3.8) is 0 Å². The first kappa shape index (κ1) is 14.5. The third-order valence-corrected chi connectivity index (χ3v) is 2.78. The van der Waals surface area contributed by atoms with E-state index < -0.39 is 0 Å². The number of carbonyl (C=O) groups is 1. The van der Waals surface area contributed by atoms with Gasteiger partial charge in [-0.25, -0.2) is 0 Å². The van der Waals surface area contributed by atoms with E-state index in [0.717, 1.165) is 0 Å². The van der Waals surface area contributed by atoms with Crippen molar-refractivity contribution in [2.24, 2.45) is 5.92 Å². The zero-order valence-electron chi connectivity index (χ0n) is 11.4. The summed E-state index contributed by atoms with van der Waals surface area (Å²) in [6.07, 6.45) is 1.78. The Kier molecular flexibility index (Phi) is 4.73. The molecule has 2 rings (SSSR count). The number of hydrogen-bond donors (Lipinski definition) is 2. The Bertz CT molecular complexity index is 597. The van der Waals surface area contributed by atoms with Gasteiger partial charge in [0, 0.05) is 25.6 Å². The van der Waals surface area contributed by atoms with Crippen LogP contribution in [0.25, 0.3) is 5.78 Å². The number of carbonyl (C=O) groups excluding carboxylic acids is 1. The van der Waals surface area contributed by atoms with Crippen LogP contribution in [0.5, 0.6) is 0 Å². The molecule has 0 unspecified atom stereocenters.